The van der Waals surface area contributed by atoms with Gasteiger partial charge in [0, 0.05) is 13.8 Å². The predicted molar refractivity (Wildman–Crippen MR) is 94.3 cm³/mol. The largest absolute Gasteiger partial charge is 0.242 e. The molecule has 0 saturated heterocycles. The van der Waals surface area contributed by atoms with Crippen LogP contribution in [0.3, 0.4) is 0 Å². The molecule has 2 aromatic rings. The second-order valence-electron chi connectivity index (χ2n) is 4.63. The van der Waals surface area contributed by atoms with Crippen molar-refractivity contribution in [2.75, 3.05) is 0 Å². The van der Waals surface area contributed by atoms with Gasteiger partial charge in [-0.05, 0) is 58.4 Å². The molecule has 0 saturated carbocycles. The van der Waals surface area contributed by atoms with E-state index in [2.05, 4.69) is 36.6 Å². The molecule has 0 bridgehead atoms. The zero-order valence-corrected chi connectivity index (χ0v) is 16.4. The van der Waals surface area contributed by atoms with Crippen LogP contribution in [-0.2, 0) is 10.0 Å². The van der Waals surface area contributed by atoms with Crippen molar-refractivity contribution in [2.24, 2.45) is 0 Å². The van der Waals surface area contributed by atoms with Crippen LogP contribution >= 0.6 is 43.2 Å². The van der Waals surface area contributed by atoms with Gasteiger partial charge in [0.25, 0.3) is 0 Å². The summed E-state index contributed by atoms with van der Waals surface area (Å²) >= 11 is 8.28. The number of nitrogens with one attached hydrogen (secondary N) is 1. The first-order chi connectivity index (χ1) is 9.85. The molecular weight excluding hydrogens is 438 g/mol. The maximum absolute atomic E-state index is 12.6. The molecule has 114 valence electrons. The Morgan fingerprint density at radius 1 is 1.29 bits per heavy atom. The molecular formula is C14H15Br2NO2S2. The van der Waals surface area contributed by atoms with E-state index in [0.717, 1.165) is 14.9 Å². The molecule has 0 aliphatic rings. The molecule has 0 fully saturated rings. The predicted octanol–water partition coefficient (Wildman–Crippen LogP) is 5.01. The van der Waals surface area contributed by atoms with E-state index in [0.29, 0.717) is 10.9 Å². The molecule has 7 heteroatoms. The summed E-state index contributed by atoms with van der Waals surface area (Å²) < 4.78 is 29.4. The molecule has 0 aliphatic heterocycles. The first-order valence-electron chi connectivity index (χ1n) is 6.36. The third-order valence-corrected chi connectivity index (χ3v) is 7.37. The van der Waals surface area contributed by atoms with E-state index in [9.17, 15) is 8.42 Å². The number of benzene rings is 1. The van der Waals surface area contributed by atoms with Crippen LogP contribution in [0.15, 0.2) is 43.5 Å². The van der Waals surface area contributed by atoms with Crippen LogP contribution in [-0.4, -0.2) is 8.42 Å². The van der Waals surface area contributed by atoms with Gasteiger partial charge in [-0.15, -0.1) is 11.3 Å². The fourth-order valence-electron chi connectivity index (χ4n) is 1.92. The highest BCUT2D eigenvalue weighted by Crippen LogP contribution is 2.31. The van der Waals surface area contributed by atoms with Crippen LogP contribution in [0.4, 0.5) is 0 Å². The Morgan fingerprint density at radius 2 is 2.00 bits per heavy atom. The lowest BCUT2D eigenvalue weighted by Gasteiger charge is -2.17. The van der Waals surface area contributed by atoms with Crippen LogP contribution < -0.4 is 4.72 Å². The second kappa shape index (κ2) is 6.91. The van der Waals surface area contributed by atoms with Gasteiger partial charge in [0.2, 0.25) is 10.0 Å². The van der Waals surface area contributed by atoms with Crippen LogP contribution in [0.2, 0.25) is 0 Å². The van der Waals surface area contributed by atoms with Gasteiger partial charge in [0.1, 0.15) is 0 Å². The van der Waals surface area contributed by atoms with Crippen LogP contribution in [0, 0.1) is 6.92 Å². The van der Waals surface area contributed by atoms with E-state index >= 15 is 0 Å². The van der Waals surface area contributed by atoms with Crippen molar-refractivity contribution in [1.82, 2.24) is 4.72 Å². The lowest BCUT2D eigenvalue weighted by Crippen LogP contribution is -2.28. The van der Waals surface area contributed by atoms with Crippen molar-refractivity contribution < 1.29 is 8.42 Å². The highest BCUT2D eigenvalue weighted by Gasteiger charge is 2.23. The Balaban J connectivity index is 2.36. The number of halogens is 2. The topological polar surface area (TPSA) is 46.2 Å². The monoisotopic (exact) mass is 451 g/mol. The number of hydrogen-bond acceptors (Lipinski definition) is 3. The zero-order valence-electron chi connectivity index (χ0n) is 11.6. The Labute approximate surface area is 146 Å². The van der Waals surface area contributed by atoms with Gasteiger partial charge in [-0.25, -0.2) is 13.1 Å². The normalized spacial score (nSPS) is 13.3. The summed E-state index contributed by atoms with van der Waals surface area (Å²) in [7, 11) is -3.59. The Morgan fingerprint density at radius 3 is 2.57 bits per heavy atom. The summed E-state index contributed by atoms with van der Waals surface area (Å²) in [6.07, 6.45) is 0.699. The molecule has 0 radical (unpaired) electrons. The van der Waals surface area contributed by atoms with E-state index in [1.807, 2.05) is 31.4 Å². The molecule has 1 aromatic carbocycles. The van der Waals surface area contributed by atoms with Crippen molar-refractivity contribution in [3.8, 4) is 0 Å². The number of thiophene rings is 1. The van der Waals surface area contributed by atoms with Gasteiger partial charge in [-0.1, -0.05) is 28.9 Å². The van der Waals surface area contributed by atoms with Crippen molar-refractivity contribution in [3.05, 3.63) is 49.0 Å². The van der Waals surface area contributed by atoms with E-state index in [-0.39, 0.29) is 10.9 Å². The van der Waals surface area contributed by atoms with E-state index in [1.54, 1.807) is 23.5 Å². The fraction of sp³-hybridized carbons (Fsp3) is 0.286. The molecule has 1 unspecified atom stereocenters. The van der Waals surface area contributed by atoms with Crippen molar-refractivity contribution in [3.63, 3.8) is 0 Å². The summed E-state index contributed by atoms with van der Waals surface area (Å²) in [5.74, 6) is 0. The zero-order chi connectivity index (χ0) is 15.6. The summed E-state index contributed by atoms with van der Waals surface area (Å²) in [4.78, 5) is 1.26. The van der Waals surface area contributed by atoms with Gasteiger partial charge in [-0.3, -0.25) is 0 Å². The Hall–Kier alpha value is -0.210. The van der Waals surface area contributed by atoms with E-state index in [4.69, 9.17) is 0 Å². The molecule has 0 aliphatic carbocycles. The highest BCUT2D eigenvalue weighted by atomic mass is 79.9. The first-order valence-corrected chi connectivity index (χ1v) is 10.3. The van der Waals surface area contributed by atoms with Gasteiger partial charge in [0.15, 0.2) is 0 Å². The summed E-state index contributed by atoms with van der Waals surface area (Å²) in [6, 6.07) is 7.09. The van der Waals surface area contributed by atoms with Crippen molar-refractivity contribution in [2.45, 2.75) is 31.2 Å². The fourth-order valence-corrected chi connectivity index (χ4v) is 5.83. The summed E-state index contributed by atoms with van der Waals surface area (Å²) in [5, 5.41) is 1.95. The van der Waals surface area contributed by atoms with Gasteiger partial charge >= 0.3 is 0 Å². The number of hydrogen-bond donors (Lipinski definition) is 1. The maximum Gasteiger partial charge on any atom is 0.242 e. The highest BCUT2D eigenvalue weighted by molar-refractivity contribution is 9.11. The second-order valence-corrected chi connectivity index (χ2v) is 9.00. The molecule has 0 amide bonds. The van der Waals surface area contributed by atoms with Gasteiger partial charge in [0.05, 0.1) is 10.9 Å². The number of rotatable bonds is 5. The van der Waals surface area contributed by atoms with E-state index in [1.165, 1.54) is 0 Å². The Bertz CT molecular complexity index is 728. The molecule has 2 rings (SSSR count). The van der Waals surface area contributed by atoms with Gasteiger partial charge in [-0.2, -0.15) is 0 Å². The Kier molecular flexibility index (Phi) is 5.65. The first kappa shape index (κ1) is 17.1. The average molecular weight is 453 g/mol. The molecule has 1 N–H and O–H groups in total. The summed E-state index contributed by atoms with van der Waals surface area (Å²) in [6.45, 7) is 3.88. The number of aryl methyl sites for hydroxylation is 1. The number of sulfonamides is 1. The van der Waals surface area contributed by atoms with E-state index < -0.39 is 10.0 Å². The van der Waals surface area contributed by atoms with Crippen LogP contribution in [0.5, 0.6) is 0 Å². The quantitative estimate of drug-likeness (QED) is 0.692. The molecule has 0 spiro atoms. The average Bonchev–Trinajstić information content (AvgIpc) is 2.94. The lowest BCUT2D eigenvalue weighted by molar-refractivity contribution is 0.552. The van der Waals surface area contributed by atoms with Crippen LogP contribution in [0.25, 0.3) is 0 Å². The third-order valence-electron chi connectivity index (χ3n) is 3.09. The lowest BCUT2D eigenvalue weighted by atomic mass is 10.2. The summed E-state index contributed by atoms with van der Waals surface area (Å²) in [5.41, 5.74) is 0.978. The molecule has 1 atom stereocenters. The van der Waals surface area contributed by atoms with Crippen molar-refractivity contribution in [1.29, 1.82) is 0 Å². The minimum absolute atomic E-state index is 0.207. The third kappa shape index (κ3) is 3.96. The van der Waals surface area contributed by atoms with Gasteiger partial charge < -0.3 is 0 Å². The molecule has 3 nitrogen and oxygen atoms in total. The maximum atomic E-state index is 12.6. The molecule has 1 heterocycles. The molecule has 1 aromatic heterocycles. The minimum atomic E-state index is -3.59. The van der Waals surface area contributed by atoms with Crippen molar-refractivity contribution >= 4 is 53.2 Å². The molecule has 21 heavy (non-hydrogen) atoms. The smallest absolute Gasteiger partial charge is 0.207 e. The van der Waals surface area contributed by atoms with Crippen LogP contribution in [0.1, 0.15) is 29.8 Å². The standard InChI is InChI=1S/C14H15Br2NO2S2/c1-3-12(13-5-4-6-20-13)17-21(18,19)14-8-10(15)9(2)7-11(14)16/h4-8,12,17H,3H2,1-2H3. The SMILES string of the molecule is CCC(NS(=O)(=O)c1cc(Br)c(C)cc1Br)c1cccs1. The minimum Gasteiger partial charge on any atom is -0.207 e.